The maximum absolute atomic E-state index is 12.8. The van der Waals surface area contributed by atoms with Crippen LogP contribution in [0.15, 0.2) is 27.6 Å². The van der Waals surface area contributed by atoms with Gasteiger partial charge in [-0.25, -0.2) is 12.7 Å². The summed E-state index contributed by atoms with van der Waals surface area (Å²) in [6, 6.07) is 4.54. The van der Waals surface area contributed by atoms with Crippen molar-refractivity contribution in [2.45, 2.75) is 44.6 Å². The molecule has 1 aliphatic rings. The summed E-state index contributed by atoms with van der Waals surface area (Å²) in [6.45, 7) is 3.83. The second kappa shape index (κ2) is 6.51. The second-order valence-electron chi connectivity index (χ2n) is 5.78. The van der Waals surface area contributed by atoms with Crippen molar-refractivity contribution >= 4 is 15.9 Å². The number of rotatable bonds is 6. The number of fused-ring (bicyclic) bond motifs is 1. The van der Waals surface area contributed by atoms with Crippen LogP contribution in [0.1, 0.15) is 47.6 Å². The number of amides is 1. The van der Waals surface area contributed by atoms with Crippen LogP contribution in [0, 0.1) is 0 Å². The molecule has 2 aromatic rings. The van der Waals surface area contributed by atoms with Crippen LogP contribution in [0.5, 0.6) is 5.75 Å². The molecule has 0 saturated carbocycles. The minimum absolute atomic E-state index is 0.0350. The maximum atomic E-state index is 12.8. The molecule has 134 valence electrons. The van der Waals surface area contributed by atoms with E-state index in [2.05, 4.69) is 5.16 Å². The monoisotopic (exact) mass is 364 g/mol. The minimum Gasteiger partial charge on any atom is -0.496 e. The number of benzene rings is 1. The van der Waals surface area contributed by atoms with Gasteiger partial charge in [0, 0.05) is 12.0 Å². The highest BCUT2D eigenvalue weighted by Crippen LogP contribution is 2.37. The maximum Gasteiger partial charge on any atom is 0.273 e. The lowest BCUT2D eigenvalue weighted by atomic mass is 10.1. The van der Waals surface area contributed by atoms with Crippen molar-refractivity contribution in [2.24, 2.45) is 0 Å². The summed E-state index contributed by atoms with van der Waals surface area (Å²) in [4.78, 5) is 12.7. The van der Waals surface area contributed by atoms with Crippen LogP contribution < -0.4 is 4.74 Å². The molecule has 0 fully saturated rings. The number of sulfonamides is 1. The molecule has 1 aliphatic heterocycles. The van der Waals surface area contributed by atoms with Gasteiger partial charge in [0.15, 0.2) is 0 Å². The standard InChI is InChI=1S/C17H20N2O5S/c1-4-7-13-11(5-2)12(18-24-13)10-19-17(20)16-14(23-3)8-6-9-15(16)25(19,21)22/h6,8-9H,4-5,7,10H2,1-3H3. The Kier molecular flexibility index (Phi) is 4.55. The van der Waals surface area contributed by atoms with E-state index in [1.807, 2.05) is 13.8 Å². The van der Waals surface area contributed by atoms with E-state index in [9.17, 15) is 13.2 Å². The summed E-state index contributed by atoms with van der Waals surface area (Å²) >= 11 is 0. The van der Waals surface area contributed by atoms with Crippen molar-refractivity contribution in [3.8, 4) is 5.75 Å². The first-order valence-electron chi connectivity index (χ1n) is 8.16. The highest BCUT2D eigenvalue weighted by molar-refractivity contribution is 7.90. The number of nitrogens with zero attached hydrogens (tertiary/aromatic N) is 2. The lowest BCUT2D eigenvalue weighted by Gasteiger charge is -2.14. The van der Waals surface area contributed by atoms with Gasteiger partial charge in [-0.05, 0) is 25.0 Å². The fraction of sp³-hybridized carbons (Fsp3) is 0.412. The van der Waals surface area contributed by atoms with Crippen molar-refractivity contribution in [3.05, 3.63) is 40.8 Å². The van der Waals surface area contributed by atoms with Crippen LogP contribution >= 0.6 is 0 Å². The first-order valence-corrected chi connectivity index (χ1v) is 9.60. The summed E-state index contributed by atoms with van der Waals surface area (Å²) in [5.74, 6) is 0.393. The predicted molar refractivity (Wildman–Crippen MR) is 89.9 cm³/mol. The summed E-state index contributed by atoms with van der Waals surface area (Å²) in [6.07, 6.45) is 2.28. The van der Waals surface area contributed by atoms with Crippen LogP contribution in [0.2, 0.25) is 0 Å². The van der Waals surface area contributed by atoms with Crippen LogP contribution in [0.3, 0.4) is 0 Å². The summed E-state index contributed by atoms with van der Waals surface area (Å²) in [5.41, 5.74) is 1.42. The first kappa shape index (κ1) is 17.5. The van der Waals surface area contributed by atoms with E-state index >= 15 is 0 Å². The second-order valence-corrected chi connectivity index (χ2v) is 7.62. The van der Waals surface area contributed by atoms with E-state index in [4.69, 9.17) is 9.26 Å². The topological polar surface area (TPSA) is 89.7 Å². The zero-order valence-electron chi connectivity index (χ0n) is 14.4. The predicted octanol–water partition coefficient (Wildman–Crippen LogP) is 2.54. The summed E-state index contributed by atoms with van der Waals surface area (Å²) in [5, 5.41) is 4.01. The van der Waals surface area contributed by atoms with Crippen molar-refractivity contribution < 1.29 is 22.5 Å². The Morgan fingerprint density at radius 2 is 2.04 bits per heavy atom. The molecule has 0 bridgehead atoms. The van der Waals surface area contributed by atoms with Gasteiger partial charge in [-0.1, -0.05) is 25.1 Å². The lowest BCUT2D eigenvalue weighted by molar-refractivity contribution is 0.0860. The zero-order valence-corrected chi connectivity index (χ0v) is 15.2. The molecule has 0 radical (unpaired) electrons. The Morgan fingerprint density at radius 1 is 1.28 bits per heavy atom. The molecule has 2 heterocycles. The summed E-state index contributed by atoms with van der Waals surface area (Å²) < 4.78 is 36.9. The highest BCUT2D eigenvalue weighted by atomic mass is 32.2. The molecule has 8 heteroatoms. The molecule has 0 atom stereocenters. The fourth-order valence-electron chi connectivity index (χ4n) is 3.08. The Hall–Kier alpha value is -2.35. The zero-order chi connectivity index (χ0) is 18.2. The number of carbonyl (C=O) groups excluding carboxylic acids is 1. The van der Waals surface area contributed by atoms with Crippen molar-refractivity contribution in [1.82, 2.24) is 9.46 Å². The minimum atomic E-state index is -3.93. The van der Waals surface area contributed by atoms with Gasteiger partial charge in [0.1, 0.15) is 27.7 Å². The molecule has 1 aromatic heterocycles. The van der Waals surface area contributed by atoms with Crippen LogP contribution in [0.4, 0.5) is 0 Å². The van der Waals surface area contributed by atoms with E-state index in [-0.39, 0.29) is 22.8 Å². The first-order chi connectivity index (χ1) is 12.0. The van der Waals surface area contributed by atoms with Gasteiger partial charge in [-0.15, -0.1) is 0 Å². The smallest absolute Gasteiger partial charge is 0.273 e. The Balaban J connectivity index is 2.02. The van der Waals surface area contributed by atoms with E-state index in [1.54, 1.807) is 12.1 Å². The normalized spacial score (nSPS) is 15.5. The van der Waals surface area contributed by atoms with Gasteiger partial charge in [-0.2, -0.15) is 0 Å². The van der Waals surface area contributed by atoms with E-state index in [0.29, 0.717) is 12.1 Å². The van der Waals surface area contributed by atoms with Gasteiger partial charge in [0.25, 0.3) is 15.9 Å². The molecule has 0 unspecified atom stereocenters. The molecule has 0 saturated heterocycles. The molecule has 25 heavy (non-hydrogen) atoms. The number of ether oxygens (including phenoxy) is 1. The molecule has 0 N–H and O–H groups in total. The number of hydrogen-bond acceptors (Lipinski definition) is 6. The van der Waals surface area contributed by atoms with Gasteiger partial charge in [-0.3, -0.25) is 4.79 Å². The molecular weight excluding hydrogens is 344 g/mol. The third kappa shape index (κ3) is 2.70. The van der Waals surface area contributed by atoms with E-state index in [1.165, 1.54) is 13.2 Å². The van der Waals surface area contributed by atoms with Crippen molar-refractivity contribution in [1.29, 1.82) is 0 Å². The van der Waals surface area contributed by atoms with Crippen LogP contribution in [0.25, 0.3) is 0 Å². The fourth-order valence-corrected chi connectivity index (χ4v) is 4.62. The quantitative estimate of drug-likeness (QED) is 0.782. The molecule has 0 aliphatic carbocycles. The van der Waals surface area contributed by atoms with Gasteiger partial charge < -0.3 is 9.26 Å². The largest absolute Gasteiger partial charge is 0.496 e. The average molecular weight is 364 g/mol. The van der Waals surface area contributed by atoms with E-state index in [0.717, 1.165) is 28.5 Å². The average Bonchev–Trinajstić information content (AvgIpc) is 3.07. The summed E-state index contributed by atoms with van der Waals surface area (Å²) in [7, 11) is -2.53. The van der Waals surface area contributed by atoms with Crippen molar-refractivity contribution in [3.63, 3.8) is 0 Å². The van der Waals surface area contributed by atoms with Gasteiger partial charge in [0.2, 0.25) is 0 Å². The van der Waals surface area contributed by atoms with Crippen molar-refractivity contribution in [2.75, 3.05) is 7.11 Å². The lowest BCUT2D eigenvalue weighted by Crippen LogP contribution is -2.30. The molecule has 1 aromatic carbocycles. The molecular formula is C17H20N2O5S. The van der Waals surface area contributed by atoms with E-state index < -0.39 is 15.9 Å². The Labute approximate surface area is 146 Å². The van der Waals surface area contributed by atoms with Gasteiger partial charge in [0.05, 0.1) is 13.7 Å². The Morgan fingerprint density at radius 3 is 2.68 bits per heavy atom. The number of hydrogen-bond donors (Lipinski definition) is 0. The number of methoxy groups -OCH3 is 1. The van der Waals surface area contributed by atoms with Gasteiger partial charge >= 0.3 is 0 Å². The molecule has 1 amide bonds. The third-order valence-corrected chi connectivity index (χ3v) is 6.06. The molecule has 0 spiro atoms. The Bertz CT molecular complexity index is 917. The highest BCUT2D eigenvalue weighted by Gasteiger charge is 2.44. The van der Waals surface area contributed by atoms with Crippen LogP contribution in [-0.4, -0.2) is 30.9 Å². The SMILES string of the molecule is CCCc1onc(CN2C(=O)c3c(OC)cccc3S2(=O)=O)c1CC. The van der Waals surface area contributed by atoms with Crippen LogP contribution in [-0.2, 0) is 29.4 Å². The molecule has 3 rings (SSSR count). The number of aromatic nitrogens is 1. The number of carbonyl (C=O) groups is 1. The number of aryl methyl sites for hydroxylation is 1. The molecule has 7 nitrogen and oxygen atoms in total. The third-order valence-electron chi connectivity index (χ3n) is 4.29.